The van der Waals surface area contributed by atoms with E-state index >= 15 is 0 Å². The van der Waals surface area contributed by atoms with Gasteiger partial charge in [-0.15, -0.1) is 0 Å². The summed E-state index contributed by atoms with van der Waals surface area (Å²) in [5.74, 6) is 0. The first-order chi connectivity index (χ1) is 14.4. The van der Waals surface area contributed by atoms with Crippen LogP contribution in [-0.2, 0) is 9.47 Å². The first-order valence-corrected chi connectivity index (χ1v) is 11.5. The number of ether oxygens (including phenoxy) is 2. The van der Waals surface area contributed by atoms with Gasteiger partial charge in [-0.25, -0.2) is 4.39 Å². The molecule has 0 aromatic heterocycles. The predicted molar refractivity (Wildman–Crippen MR) is 110 cm³/mol. The highest BCUT2D eigenvalue weighted by Gasteiger charge is 2.52. The highest BCUT2D eigenvalue weighted by molar-refractivity contribution is 5.25. The Balaban J connectivity index is 1.39. The minimum Gasteiger partial charge on any atom is -0.380 e. The molecule has 0 bridgehead atoms. The van der Waals surface area contributed by atoms with Gasteiger partial charge in [0.25, 0.3) is 6.08 Å². The van der Waals surface area contributed by atoms with Crippen LogP contribution in [0.2, 0.25) is 0 Å². The number of nitrogens with zero attached hydrogens (tertiary/aromatic N) is 2. The van der Waals surface area contributed by atoms with E-state index in [1.165, 1.54) is 0 Å². The molecule has 4 heterocycles. The van der Waals surface area contributed by atoms with Crippen molar-refractivity contribution < 1.29 is 22.6 Å². The molecule has 4 unspecified atom stereocenters. The molecule has 4 rings (SSSR count). The number of hydrogen-bond donors (Lipinski definition) is 0. The Hall–Kier alpha value is -0.890. The third-order valence-electron chi connectivity index (χ3n) is 7.83. The lowest BCUT2D eigenvalue weighted by Crippen LogP contribution is -2.47. The zero-order chi connectivity index (χ0) is 21.4. The summed E-state index contributed by atoms with van der Waals surface area (Å²) in [4.78, 5) is 4.60. The van der Waals surface area contributed by atoms with Crippen LogP contribution < -0.4 is 0 Å². The van der Waals surface area contributed by atoms with Crippen LogP contribution in [-0.4, -0.2) is 72.5 Å². The molecule has 4 fully saturated rings. The van der Waals surface area contributed by atoms with Crippen LogP contribution in [0, 0.1) is 0 Å². The third kappa shape index (κ3) is 3.98. The monoisotopic (exact) mass is 428 g/mol. The van der Waals surface area contributed by atoms with Crippen molar-refractivity contribution in [1.29, 1.82) is 0 Å². The van der Waals surface area contributed by atoms with Crippen LogP contribution in [0.5, 0.6) is 0 Å². The second-order valence-electron chi connectivity index (χ2n) is 9.68. The summed E-state index contributed by atoms with van der Waals surface area (Å²) >= 11 is 0. The Morgan fingerprint density at radius 3 is 2.67 bits per heavy atom. The van der Waals surface area contributed by atoms with Crippen molar-refractivity contribution in [2.75, 3.05) is 39.5 Å². The lowest BCUT2D eigenvalue weighted by Gasteiger charge is -2.36. The van der Waals surface area contributed by atoms with Gasteiger partial charge in [0, 0.05) is 35.8 Å². The highest BCUT2D eigenvalue weighted by atomic mass is 19.3. The topological polar surface area (TPSA) is 24.9 Å². The average Bonchev–Trinajstić information content (AvgIpc) is 3.44. The summed E-state index contributed by atoms with van der Waals surface area (Å²) in [5, 5.41) is 0. The second-order valence-corrected chi connectivity index (χ2v) is 9.68. The molecule has 170 valence electrons. The summed E-state index contributed by atoms with van der Waals surface area (Å²) in [6.45, 7) is 8.00. The van der Waals surface area contributed by atoms with Crippen molar-refractivity contribution in [2.45, 2.75) is 82.0 Å². The Morgan fingerprint density at radius 1 is 1.17 bits per heavy atom. The molecule has 0 spiro atoms. The third-order valence-corrected chi connectivity index (χ3v) is 7.83. The minimum absolute atomic E-state index is 0.0347. The summed E-state index contributed by atoms with van der Waals surface area (Å²) in [7, 11) is 0. The van der Waals surface area contributed by atoms with E-state index in [2.05, 4.69) is 9.80 Å². The molecule has 30 heavy (non-hydrogen) atoms. The number of rotatable bonds is 8. The van der Waals surface area contributed by atoms with E-state index < -0.39 is 6.08 Å². The van der Waals surface area contributed by atoms with E-state index in [9.17, 15) is 13.2 Å². The molecular formula is C23H35F3N2O2. The van der Waals surface area contributed by atoms with E-state index in [1.807, 2.05) is 13.8 Å². The SMILES string of the molecule is CCOCC12CCCN1C(CC(C)OCC13CCCN1CC(=C(F)F)C3)/C(=C/F)C2. The molecule has 4 saturated heterocycles. The van der Waals surface area contributed by atoms with Gasteiger partial charge in [0.05, 0.1) is 25.6 Å². The van der Waals surface area contributed by atoms with Gasteiger partial charge in [-0.1, -0.05) is 0 Å². The Labute approximate surface area is 178 Å². The minimum atomic E-state index is -1.53. The van der Waals surface area contributed by atoms with Crippen LogP contribution in [0.4, 0.5) is 13.2 Å². The first kappa shape index (κ1) is 22.3. The lowest BCUT2D eigenvalue weighted by molar-refractivity contribution is -0.0224. The van der Waals surface area contributed by atoms with Crippen LogP contribution in [0.1, 0.15) is 58.8 Å². The number of fused-ring (bicyclic) bond motifs is 2. The van der Waals surface area contributed by atoms with Crippen molar-refractivity contribution in [3.63, 3.8) is 0 Å². The molecule has 0 aromatic rings. The van der Waals surface area contributed by atoms with Gasteiger partial charge >= 0.3 is 0 Å². The molecule has 4 aliphatic rings. The number of halogens is 3. The van der Waals surface area contributed by atoms with E-state index in [0.29, 0.717) is 32.8 Å². The van der Waals surface area contributed by atoms with Crippen molar-refractivity contribution in [3.8, 4) is 0 Å². The maximum Gasteiger partial charge on any atom is 0.270 e. The Bertz CT molecular complexity index is 696. The molecule has 4 atom stereocenters. The Morgan fingerprint density at radius 2 is 1.93 bits per heavy atom. The first-order valence-electron chi connectivity index (χ1n) is 11.5. The van der Waals surface area contributed by atoms with Crippen molar-refractivity contribution in [1.82, 2.24) is 9.80 Å². The maximum absolute atomic E-state index is 13.8. The molecule has 0 aromatic carbocycles. The largest absolute Gasteiger partial charge is 0.380 e. The molecule has 4 nitrogen and oxygen atoms in total. The molecule has 0 saturated carbocycles. The van der Waals surface area contributed by atoms with Crippen molar-refractivity contribution in [3.05, 3.63) is 23.6 Å². The highest BCUT2D eigenvalue weighted by Crippen LogP contribution is 2.47. The van der Waals surface area contributed by atoms with Crippen LogP contribution in [0.3, 0.4) is 0 Å². The molecule has 0 amide bonds. The molecule has 0 radical (unpaired) electrons. The fourth-order valence-electron chi connectivity index (χ4n) is 6.37. The van der Waals surface area contributed by atoms with Gasteiger partial charge in [-0.3, -0.25) is 9.80 Å². The smallest absolute Gasteiger partial charge is 0.270 e. The van der Waals surface area contributed by atoms with Gasteiger partial charge in [0.15, 0.2) is 0 Å². The summed E-state index contributed by atoms with van der Waals surface area (Å²) < 4.78 is 52.1. The zero-order valence-corrected chi connectivity index (χ0v) is 18.3. The van der Waals surface area contributed by atoms with Crippen LogP contribution in [0.15, 0.2) is 23.6 Å². The molecular weight excluding hydrogens is 393 g/mol. The average molecular weight is 429 g/mol. The quantitative estimate of drug-likeness (QED) is 0.561. The van der Waals surface area contributed by atoms with Gasteiger partial charge in [-0.2, -0.15) is 8.78 Å². The summed E-state index contributed by atoms with van der Waals surface area (Å²) in [5.41, 5.74) is 0.745. The van der Waals surface area contributed by atoms with Gasteiger partial charge in [0.2, 0.25) is 0 Å². The molecule has 4 aliphatic heterocycles. The molecule has 7 heteroatoms. The van der Waals surface area contributed by atoms with Gasteiger partial charge in [0.1, 0.15) is 0 Å². The summed E-state index contributed by atoms with van der Waals surface area (Å²) in [6, 6.07) is 0.0347. The van der Waals surface area contributed by atoms with E-state index in [1.54, 1.807) is 0 Å². The normalized spacial score (nSPS) is 36.6. The van der Waals surface area contributed by atoms with E-state index in [0.717, 1.165) is 63.5 Å². The van der Waals surface area contributed by atoms with Gasteiger partial charge in [-0.05, 0) is 77.5 Å². The zero-order valence-electron chi connectivity index (χ0n) is 18.3. The lowest BCUT2D eigenvalue weighted by atomic mass is 9.92. The standard InChI is InChI=1S/C23H35F3N2O2/c1-3-29-15-23-7-5-9-28(23)20(18(11-23)13-24)10-17(2)30-16-22-6-4-8-27(22)14-19(12-22)21(25)26/h13,17,20H,3-12,14-16H2,1-2H3/b18-13+. The van der Waals surface area contributed by atoms with Crippen molar-refractivity contribution in [2.24, 2.45) is 0 Å². The summed E-state index contributed by atoms with van der Waals surface area (Å²) in [6.07, 6.45) is 5.14. The fourth-order valence-corrected chi connectivity index (χ4v) is 6.37. The molecule has 0 aliphatic carbocycles. The van der Waals surface area contributed by atoms with Crippen molar-refractivity contribution >= 4 is 0 Å². The molecule has 0 N–H and O–H groups in total. The maximum atomic E-state index is 13.8. The predicted octanol–water partition coefficient (Wildman–Crippen LogP) is 4.67. The van der Waals surface area contributed by atoms with Crippen LogP contribution >= 0.6 is 0 Å². The Kier molecular flexibility index (Phi) is 6.64. The van der Waals surface area contributed by atoms with Crippen LogP contribution in [0.25, 0.3) is 0 Å². The van der Waals surface area contributed by atoms with E-state index in [-0.39, 0.29) is 28.8 Å². The number of hydrogen-bond acceptors (Lipinski definition) is 4. The second kappa shape index (κ2) is 8.93. The fraction of sp³-hybridized carbons (Fsp3) is 0.826. The van der Waals surface area contributed by atoms with E-state index in [4.69, 9.17) is 9.47 Å². The van der Waals surface area contributed by atoms with Gasteiger partial charge < -0.3 is 9.47 Å².